The summed E-state index contributed by atoms with van der Waals surface area (Å²) in [7, 11) is 0. The first-order valence-corrected chi connectivity index (χ1v) is 17.2. The van der Waals surface area contributed by atoms with Crippen LogP contribution in [0.5, 0.6) is 0 Å². The normalized spacial score (nSPS) is 13.1. The van der Waals surface area contributed by atoms with Gasteiger partial charge in [-0.15, -0.1) is 0 Å². The van der Waals surface area contributed by atoms with E-state index in [4.69, 9.17) is 26.1 Å². The Balaban J connectivity index is 0.00000104. The van der Waals surface area contributed by atoms with Crippen LogP contribution in [0.15, 0.2) is 58.6 Å². The highest BCUT2D eigenvalue weighted by atomic mass is 19.4. The van der Waals surface area contributed by atoms with Gasteiger partial charge in [0, 0.05) is 42.5 Å². The number of aliphatic carboxylic acids is 1. The van der Waals surface area contributed by atoms with Crippen LogP contribution in [0.4, 0.5) is 29.1 Å². The van der Waals surface area contributed by atoms with E-state index in [0.717, 1.165) is 30.5 Å². The number of hydrogen-bond acceptors (Lipinski definition) is 10. The smallest absolute Gasteiger partial charge is 0.416 e. The molecule has 0 saturated carbocycles. The van der Waals surface area contributed by atoms with Gasteiger partial charge in [0.2, 0.25) is 11.6 Å². The minimum Gasteiger partial charge on any atom is -0.479 e. The summed E-state index contributed by atoms with van der Waals surface area (Å²) in [6, 6.07) is 9.42. The van der Waals surface area contributed by atoms with E-state index < -0.39 is 41.4 Å². The fourth-order valence-corrected chi connectivity index (χ4v) is 4.52. The van der Waals surface area contributed by atoms with Gasteiger partial charge in [-0.2, -0.15) is 13.2 Å². The lowest BCUT2D eigenvalue weighted by atomic mass is 10.1. The number of morpholine rings is 1. The Morgan fingerprint density at radius 3 is 2.20 bits per heavy atom. The Labute approximate surface area is 315 Å². The fourth-order valence-electron chi connectivity index (χ4n) is 4.52. The van der Waals surface area contributed by atoms with Crippen LogP contribution >= 0.6 is 0 Å². The molecule has 0 spiro atoms. The molecule has 1 aromatic heterocycles. The van der Waals surface area contributed by atoms with E-state index in [-0.39, 0.29) is 53.7 Å². The maximum absolute atomic E-state index is 13.5. The van der Waals surface area contributed by atoms with Gasteiger partial charge in [0.1, 0.15) is 6.54 Å². The second-order valence-electron chi connectivity index (χ2n) is 12.5. The van der Waals surface area contributed by atoms with Crippen LogP contribution in [-0.2, 0) is 43.2 Å². The molecule has 2 aromatic carbocycles. The molecule has 1 fully saturated rings. The number of oxime groups is 1. The van der Waals surface area contributed by atoms with Gasteiger partial charge in [-0.05, 0) is 51.5 Å². The zero-order valence-electron chi connectivity index (χ0n) is 31.5. The molecule has 4 rings (SSSR count). The van der Waals surface area contributed by atoms with Crippen LogP contribution in [0, 0.1) is 0 Å². The molecule has 2 heterocycles. The standard InChI is InChI=1S/C30H35F3N8O5.C4H7FO2.C2H6/c1-18(2)38-28-29(44)41(24(15-37-28)21-11-22(30(31,32)33)13-23(34)12-21)16-25(42)36-14-19-3-5-20(6-4-19)27(35)39-46-17-26(43)40-7-9-45-10-8-40;1-4(2,5)3(6)7;1-2/h3-6,11-13,15,18H,7-10,14,16-17,34H2,1-2H3,(H2,35,39)(H,36,42)(H,37,38);1-2H3,(H,6,7);1-2H3. The molecule has 0 aliphatic carbocycles. The molecule has 0 bridgehead atoms. The summed E-state index contributed by atoms with van der Waals surface area (Å²) in [6.45, 7) is 10.8. The number of benzene rings is 2. The first-order valence-electron chi connectivity index (χ1n) is 17.2. The van der Waals surface area contributed by atoms with Gasteiger partial charge in [-0.1, -0.05) is 43.3 Å². The third kappa shape index (κ3) is 14.6. The van der Waals surface area contributed by atoms with Gasteiger partial charge in [0.25, 0.3) is 11.5 Å². The Kier molecular flexibility index (Phi) is 17.1. The number of hydrogen-bond donors (Lipinski definition) is 5. The zero-order valence-corrected chi connectivity index (χ0v) is 31.5. The number of carbonyl (C=O) groups excluding carboxylic acids is 2. The number of amidine groups is 1. The number of carboxylic acids is 1. The fraction of sp³-hybridized carbons (Fsp3) is 0.444. The molecule has 15 nitrogen and oxygen atoms in total. The zero-order chi connectivity index (χ0) is 41.5. The van der Waals surface area contributed by atoms with Crippen molar-refractivity contribution in [3.05, 3.63) is 75.7 Å². The van der Waals surface area contributed by atoms with Crippen molar-refractivity contribution >= 4 is 35.1 Å². The predicted octanol–water partition coefficient (Wildman–Crippen LogP) is 3.99. The molecule has 0 unspecified atom stereocenters. The number of nitrogens with two attached hydrogens (primary N) is 2. The van der Waals surface area contributed by atoms with E-state index in [1.165, 1.54) is 12.3 Å². The van der Waals surface area contributed by atoms with Crippen LogP contribution in [0.3, 0.4) is 0 Å². The SMILES string of the molecule is CC.CC(C)(F)C(=O)O.CC(C)Nc1ncc(-c2cc(N)cc(C(F)(F)F)c2)n(CC(=O)NCc2ccc(/C(N)=N/OCC(=O)N3CCOCC3)cc2)c1=O. The maximum atomic E-state index is 13.5. The molecular weight excluding hydrogens is 732 g/mol. The number of nitrogens with one attached hydrogen (secondary N) is 2. The first-order chi connectivity index (χ1) is 25.8. The molecule has 0 atom stereocenters. The highest BCUT2D eigenvalue weighted by Crippen LogP contribution is 2.34. The van der Waals surface area contributed by atoms with Crippen molar-refractivity contribution in [2.24, 2.45) is 10.9 Å². The summed E-state index contributed by atoms with van der Waals surface area (Å²) < 4.78 is 58.6. The summed E-state index contributed by atoms with van der Waals surface area (Å²) in [6.07, 6.45) is -3.46. The van der Waals surface area contributed by atoms with E-state index in [2.05, 4.69) is 20.8 Å². The Morgan fingerprint density at radius 2 is 1.65 bits per heavy atom. The van der Waals surface area contributed by atoms with Crippen molar-refractivity contribution in [1.29, 1.82) is 0 Å². The molecule has 19 heteroatoms. The van der Waals surface area contributed by atoms with Gasteiger partial charge >= 0.3 is 12.1 Å². The van der Waals surface area contributed by atoms with Gasteiger partial charge in [-0.3, -0.25) is 19.0 Å². The number of nitrogens with zero attached hydrogens (tertiary/aromatic N) is 4. The summed E-state index contributed by atoms with van der Waals surface area (Å²) >= 11 is 0. The Morgan fingerprint density at radius 1 is 1.05 bits per heavy atom. The number of carbonyl (C=O) groups is 3. The largest absolute Gasteiger partial charge is 0.479 e. The number of amides is 2. The van der Waals surface area contributed by atoms with Gasteiger partial charge < -0.3 is 41.7 Å². The lowest BCUT2D eigenvalue weighted by Crippen LogP contribution is -2.42. The summed E-state index contributed by atoms with van der Waals surface area (Å²) in [4.78, 5) is 59.0. The highest BCUT2D eigenvalue weighted by molar-refractivity contribution is 5.97. The second-order valence-corrected chi connectivity index (χ2v) is 12.5. The average molecular weight is 781 g/mol. The van der Waals surface area contributed by atoms with Crippen molar-refractivity contribution < 1.29 is 46.6 Å². The van der Waals surface area contributed by atoms with Crippen LogP contribution < -0.4 is 27.7 Å². The number of nitrogen functional groups attached to an aromatic ring is 1. The number of anilines is 2. The molecular formula is C36H48F4N8O7. The molecule has 1 saturated heterocycles. The predicted molar refractivity (Wildman–Crippen MR) is 199 cm³/mol. The molecule has 3 aromatic rings. The monoisotopic (exact) mass is 780 g/mol. The van der Waals surface area contributed by atoms with Gasteiger partial charge in [0.15, 0.2) is 18.3 Å². The minimum absolute atomic E-state index is 0.0137. The maximum Gasteiger partial charge on any atom is 0.416 e. The molecule has 1 aliphatic rings. The molecule has 7 N–H and O–H groups in total. The van der Waals surface area contributed by atoms with Crippen molar-refractivity contribution in [1.82, 2.24) is 19.8 Å². The van der Waals surface area contributed by atoms with Crippen LogP contribution in [0.25, 0.3) is 11.3 Å². The lowest BCUT2D eigenvalue weighted by Gasteiger charge is -2.26. The van der Waals surface area contributed by atoms with Gasteiger partial charge in [0.05, 0.1) is 30.7 Å². The minimum atomic E-state index is -4.68. The average Bonchev–Trinajstić information content (AvgIpc) is 3.13. The van der Waals surface area contributed by atoms with E-state index in [1.807, 2.05) is 13.8 Å². The Bertz CT molecular complexity index is 1840. The number of halogens is 4. The van der Waals surface area contributed by atoms with E-state index in [0.29, 0.717) is 37.4 Å². The quantitative estimate of drug-likeness (QED) is 0.0582. The number of alkyl halides is 4. The summed E-state index contributed by atoms with van der Waals surface area (Å²) in [5, 5.41) is 17.3. The van der Waals surface area contributed by atoms with E-state index in [1.54, 1.807) is 43.0 Å². The van der Waals surface area contributed by atoms with Crippen molar-refractivity contribution in [2.75, 3.05) is 44.0 Å². The number of ether oxygens (including phenoxy) is 1. The number of rotatable bonds is 12. The van der Waals surface area contributed by atoms with Crippen molar-refractivity contribution in [3.8, 4) is 11.3 Å². The summed E-state index contributed by atoms with van der Waals surface area (Å²) in [5.74, 6) is -2.23. The second kappa shape index (κ2) is 20.7. The molecule has 0 radical (unpaired) electrons. The van der Waals surface area contributed by atoms with Crippen molar-refractivity contribution in [2.45, 2.75) is 72.5 Å². The van der Waals surface area contributed by atoms with Gasteiger partial charge in [-0.25, -0.2) is 14.2 Å². The number of carboxylic acid groups (broad SMARTS) is 1. The third-order valence-corrected chi connectivity index (χ3v) is 7.32. The molecule has 55 heavy (non-hydrogen) atoms. The third-order valence-electron chi connectivity index (χ3n) is 7.32. The molecule has 1 aliphatic heterocycles. The van der Waals surface area contributed by atoms with Crippen LogP contribution in [-0.4, -0.2) is 87.8 Å². The highest BCUT2D eigenvalue weighted by Gasteiger charge is 2.31. The molecule has 2 amide bonds. The topological polar surface area (TPSA) is 216 Å². The molecule has 302 valence electrons. The number of aromatic nitrogens is 2. The lowest BCUT2D eigenvalue weighted by molar-refractivity contribution is -0.148. The Hall–Kier alpha value is -5.72. The van der Waals surface area contributed by atoms with E-state index in [9.17, 15) is 36.7 Å². The first kappa shape index (κ1) is 45.4. The van der Waals surface area contributed by atoms with Crippen LogP contribution in [0.1, 0.15) is 58.2 Å². The van der Waals surface area contributed by atoms with E-state index >= 15 is 0 Å². The summed E-state index contributed by atoms with van der Waals surface area (Å²) in [5.41, 5.74) is 8.95. The van der Waals surface area contributed by atoms with Crippen LogP contribution in [0.2, 0.25) is 0 Å². The van der Waals surface area contributed by atoms with Crippen molar-refractivity contribution in [3.63, 3.8) is 0 Å².